The van der Waals surface area contributed by atoms with Crippen LogP contribution in [-0.2, 0) is 0 Å². The van der Waals surface area contributed by atoms with Gasteiger partial charge in [-0.2, -0.15) is 0 Å². The van der Waals surface area contributed by atoms with Gasteiger partial charge in [0.1, 0.15) is 18.2 Å². The highest BCUT2D eigenvalue weighted by atomic mass is 16.7. The molecule has 0 amide bonds. The quantitative estimate of drug-likeness (QED) is 0.675. The van der Waals surface area contributed by atoms with Gasteiger partial charge in [0, 0.05) is 6.07 Å². The number of rotatable bonds is 4. The van der Waals surface area contributed by atoms with Crippen LogP contribution in [0.2, 0.25) is 0 Å². The molecule has 0 saturated heterocycles. The van der Waals surface area contributed by atoms with Gasteiger partial charge in [-0.05, 0) is 49.8 Å². The van der Waals surface area contributed by atoms with E-state index in [4.69, 9.17) is 14.2 Å². The summed E-state index contributed by atoms with van der Waals surface area (Å²) >= 11 is 0. The van der Waals surface area contributed by atoms with Crippen LogP contribution in [0, 0.1) is 6.92 Å². The van der Waals surface area contributed by atoms with E-state index < -0.39 is 0 Å². The molecular formula is C20H18N2O4. The maximum absolute atomic E-state index is 13.1. The summed E-state index contributed by atoms with van der Waals surface area (Å²) in [7, 11) is 0. The Balaban J connectivity index is 1.84. The minimum absolute atomic E-state index is 0.160. The molecule has 6 heteroatoms. The summed E-state index contributed by atoms with van der Waals surface area (Å²) in [4.78, 5) is 17.7. The van der Waals surface area contributed by atoms with Crippen LogP contribution in [0.5, 0.6) is 17.2 Å². The first-order valence-electron chi connectivity index (χ1n) is 8.23. The Hall–Kier alpha value is -3.28. The van der Waals surface area contributed by atoms with Gasteiger partial charge in [0.05, 0.1) is 16.6 Å². The molecule has 0 unspecified atom stereocenters. The highest BCUT2D eigenvalue weighted by molar-refractivity contribution is 5.79. The minimum Gasteiger partial charge on any atom is -0.489 e. The second-order valence-corrected chi connectivity index (χ2v) is 6.26. The summed E-state index contributed by atoms with van der Waals surface area (Å²) in [6.07, 6.45) is 0. The molecule has 1 aliphatic rings. The van der Waals surface area contributed by atoms with Crippen LogP contribution in [0.1, 0.15) is 12.7 Å². The Labute approximate surface area is 150 Å². The van der Waals surface area contributed by atoms with Crippen molar-refractivity contribution in [3.63, 3.8) is 0 Å². The lowest BCUT2D eigenvalue weighted by Crippen LogP contribution is -2.22. The second kappa shape index (κ2) is 6.22. The van der Waals surface area contributed by atoms with Crippen LogP contribution in [0.3, 0.4) is 0 Å². The molecule has 0 N–H and O–H groups in total. The Morgan fingerprint density at radius 2 is 2.04 bits per heavy atom. The van der Waals surface area contributed by atoms with Crippen molar-refractivity contribution < 1.29 is 14.2 Å². The standard InChI is InChI=1S/C20H18N2O4/c1-12(2)10-24-15-5-6-17-16(9-15)20(23)22(13(3)21-17)14-4-7-18-19(8-14)26-11-25-18/h4-9H,1,10-11H2,2-3H3. The van der Waals surface area contributed by atoms with E-state index in [0.29, 0.717) is 46.3 Å². The van der Waals surface area contributed by atoms with Crippen LogP contribution in [0.15, 0.2) is 53.3 Å². The Morgan fingerprint density at radius 3 is 2.85 bits per heavy atom. The number of ether oxygens (including phenoxy) is 3. The van der Waals surface area contributed by atoms with Gasteiger partial charge in [0.25, 0.3) is 5.56 Å². The third-order valence-corrected chi connectivity index (χ3v) is 4.11. The molecule has 2 heterocycles. The molecule has 0 saturated carbocycles. The molecular weight excluding hydrogens is 332 g/mol. The maximum Gasteiger partial charge on any atom is 0.266 e. The van der Waals surface area contributed by atoms with Crippen molar-refractivity contribution in [2.45, 2.75) is 13.8 Å². The van der Waals surface area contributed by atoms with E-state index in [0.717, 1.165) is 5.57 Å². The third-order valence-electron chi connectivity index (χ3n) is 4.11. The molecule has 0 aliphatic carbocycles. The Morgan fingerprint density at radius 1 is 1.23 bits per heavy atom. The minimum atomic E-state index is -0.160. The van der Waals surface area contributed by atoms with E-state index in [9.17, 15) is 4.79 Å². The van der Waals surface area contributed by atoms with Gasteiger partial charge >= 0.3 is 0 Å². The van der Waals surface area contributed by atoms with Gasteiger partial charge in [-0.3, -0.25) is 9.36 Å². The highest BCUT2D eigenvalue weighted by Crippen LogP contribution is 2.33. The van der Waals surface area contributed by atoms with Gasteiger partial charge in [-0.15, -0.1) is 0 Å². The maximum atomic E-state index is 13.1. The highest BCUT2D eigenvalue weighted by Gasteiger charge is 2.17. The van der Waals surface area contributed by atoms with Gasteiger partial charge in [-0.1, -0.05) is 6.58 Å². The number of fused-ring (bicyclic) bond motifs is 2. The van der Waals surface area contributed by atoms with Crippen molar-refractivity contribution in [3.05, 3.63) is 64.7 Å². The first-order chi connectivity index (χ1) is 12.5. The monoisotopic (exact) mass is 350 g/mol. The molecule has 0 radical (unpaired) electrons. The predicted molar refractivity (Wildman–Crippen MR) is 98.5 cm³/mol. The SMILES string of the molecule is C=C(C)COc1ccc2nc(C)n(-c3ccc4c(c3)OCO4)c(=O)c2c1. The summed E-state index contributed by atoms with van der Waals surface area (Å²) in [5.74, 6) is 2.49. The largest absolute Gasteiger partial charge is 0.489 e. The molecule has 132 valence electrons. The Kier molecular flexibility index (Phi) is 3.88. The first kappa shape index (κ1) is 16.2. The van der Waals surface area contributed by atoms with Crippen molar-refractivity contribution in [1.29, 1.82) is 0 Å². The number of aromatic nitrogens is 2. The van der Waals surface area contributed by atoms with E-state index in [1.165, 1.54) is 0 Å². The molecule has 0 spiro atoms. The van der Waals surface area contributed by atoms with Crippen LogP contribution < -0.4 is 19.8 Å². The van der Waals surface area contributed by atoms with Crippen LogP contribution >= 0.6 is 0 Å². The lowest BCUT2D eigenvalue weighted by atomic mass is 10.2. The van der Waals surface area contributed by atoms with E-state index in [1.54, 1.807) is 35.8 Å². The number of hydrogen-bond acceptors (Lipinski definition) is 5. The second-order valence-electron chi connectivity index (χ2n) is 6.26. The number of nitrogens with zero attached hydrogens (tertiary/aromatic N) is 2. The zero-order valence-electron chi connectivity index (χ0n) is 14.6. The fraction of sp³-hybridized carbons (Fsp3) is 0.200. The smallest absolute Gasteiger partial charge is 0.266 e. The summed E-state index contributed by atoms with van der Waals surface area (Å²) < 4.78 is 18.0. The van der Waals surface area contributed by atoms with Crippen molar-refractivity contribution in [2.75, 3.05) is 13.4 Å². The van der Waals surface area contributed by atoms with E-state index in [-0.39, 0.29) is 12.4 Å². The van der Waals surface area contributed by atoms with Gasteiger partial charge in [0.15, 0.2) is 11.5 Å². The summed E-state index contributed by atoms with van der Waals surface area (Å²) in [6, 6.07) is 10.7. The topological polar surface area (TPSA) is 62.6 Å². The van der Waals surface area contributed by atoms with Crippen molar-refractivity contribution in [2.24, 2.45) is 0 Å². The molecule has 0 atom stereocenters. The van der Waals surface area contributed by atoms with Crippen LogP contribution in [0.4, 0.5) is 0 Å². The lowest BCUT2D eigenvalue weighted by Gasteiger charge is -2.12. The molecule has 2 aromatic carbocycles. The number of aryl methyl sites for hydroxylation is 1. The van der Waals surface area contributed by atoms with Crippen molar-refractivity contribution in [3.8, 4) is 22.9 Å². The average Bonchev–Trinajstić information content (AvgIpc) is 3.08. The van der Waals surface area contributed by atoms with Gasteiger partial charge < -0.3 is 14.2 Å². The molecule has 0 fully saturated rings. The Bertz CT molecular complexity index is 1090. The fourth-order valence-corrected chi connectivity index (χ4v) is 2.90. The van der Waals surface area contributed by atoms with E-state index in [2.05, 4.69) is 11.6 Å². The normalized spacial score (nSPS) is 12.4. The average molecular weight is 350 g/mol. The molecule has 1 aromatic heterocycles. The summed E-state index contributed by atoms with van der Waals surface area (Å²) in [5.41, 5.74) is 2.06. The van der Waals surface area contributed by atoms with Crippen LogP contribution in [0.25, 0.3) is 16.6 Å². The predicted octanol–water partition coefficient (Wildman–Crippen LogP) is 3.38. The molecule has 0 bridgehead atoms. The molecule has 6 nitrogen and oxygen atoms in total. The number of hydrogen-bond donors (Lipinski definition) is 0. The van der Waals surface area contributed by atoms with E-state index in [1.807, 2.05) is 19.1 Å². The third kappa shape index (κ3) is 2.79. The van der Waals surface area contributed by atoms with Crippen molar-refractivity contribution >= 4 is 10.9 Å². The summed E-state index contributed by atoms with van der Waals surface area (Å²) in [5, 5.41) is 0.493. The fourth-order valence-electron chi connectivity index (χ4n) is 2.90. The first-order valence-corrected chi connectivity index (χ1v) is 8.23. The lowest BCUT2D eigenvalue weighted by molar-refractivity contribution is 0.174. The zero-order valence-corrected chi connectivity index (χ0v) is 14.6. The van der Waals surface area contributed by atoms with E-state index >= 15 is 0 Å². The van der Waals surface area contributed by atoms with Crippen LogP contribution in [-0.4, -0.2) is 23.0 Å². The molecule has 3 aromatic rings. The summed E-state index contributed by atoms with van der Waals surface area (Å²) in [6.45, 7) is 8.10. The van der Waals surface area contributed by atoms with Gasteiger partial charge in [-0.25, -0.2) is 4.98 Å². The zero-order chi connectivity index (χ0) is 18.3. The molecule has 4 rings (SSSR count). The molecule has 26 heavy (non-hydrogen) atoms. The molecule has 1 aliphatic heterocycles. The number of benzene rings is 2. The van der Waals surface area contributed by atoms with Gasteiger partial charge in [0.2, 0.25) is 6.79 Å². The van der Waals surface area contributed by atoms with Crippen molar-refractivity contribution in [1.82, 2.24) is 9.55 Å².